The summed E-state index contributed by atoms with van der Waals surface area (Å²) in [5.41, 5.74) is 4.50. The number of ether oxygens (including phenoxy) is 1. The van der Waals surface area contributed by atoms with E-state index >= 15 is 0 Å². The van der Waals surface area contributed by atoms with Crippen molar-refractivity contribution in [1.29, 1.82) is 0 Å². The number of rotatable bonds is 11. The van der Waals surface area contributed by atoms with E-state index in [9.17, 15) is 4.79 Å². The molecule has 1 atom stereocenters. The highest BCUT2D eigenvalue weighted by Crippen LogP contribution is 2.36. The number of azo groups is 1. The van der Waals surface area contributed by atoms with Crippen LogP contribution in [0, 0.1) is 27.7 Å². The molecule has 3 aromatic heterocycles. The van der Waals surface area contributed by atoms with E-state index in [2.05, 4.69) is 67.7 Å². The van der Waals surface area contributed by atoms with Gasteiger partial charge < -0.3 is 20.7 Å². The third-order valence-corrected chi connectivity index (χ3v) is 6.00. The van der Waals surface area contributed by atoms with E-state index in [1.54, 1.807) is 18.7 Å². The molecular formula is C23H28N12O2S. The fourth-order valence-corrected chi connectivity index (χ4v) is 4.31. The highest BCUT2D eigenvalue weighted by atomic mass is 32.1. The molecule has 0 aliphatic carbocycles. The molecule has 0 saturated heterocycles. The minimum Gasteiger partial charge on any atom is -0.466 e. The molecule has 0 fully saturated rings. The summed E-state index contributed by atoms with van der Waals surface area (Å²) in [6, 6.07) is 3.94. The maximum absolute atomic E-state index is 10.6. The van der Waals surface area contributed by atoms with E-state index in [0.29, 0.717) is 40.7 Å². The summed E-state index contributed by atoms with van der Waals surface area (Å²) in [6.45, 7) is 10.3. The van der Waals surface area contributed by atoms with E-state index in [0.717, 1.165) is 22.4 Å². The molecule has 0 bridgehead atoms. The van der Waals surface area contributed by atoms with Crippen molar-refractivity contribution in [2.45, 2.75) is 40.7 Å². The number of nitrogens with zero attached hydrogens (tertiary/aromatic N) is 9. The molecular weight excluding hydrogens is 508 g/mol. The average Bonchev–Trinajstić information content (AvgIpc) is 3.53. The molecule has 14 nitrogen and oxygen atoms in total. The number of aryl methyl sites for hydroxylation is 4. The summed E-state index contributed by atoms with van der Waals surface area (Å²) >= 11 is 1.19. The third kappa shape index (κ3) is 6.05. The molecule has 0 saturated carbocycles. The molecule has 4 aromatic rings. The summed E-state index contributed by atoms with van der Waals surface area (Å²) in [5, 5.41) is 23.3. The van der Waals surface area contributed by atoms with Crippen LogP contribution in [0.15, 0.2) is 28.7 Å². The number of anilines is 4. The lowest BCUT2D eigenvalue weighted by Gasteiger charge is -2.18. The van der Waals surface area contributed by atoms with Crippen LogP contribution in [0.3, 0.4) is 0 Å². The van der Waals surface area contributed by atoms with Gasteiger partial charge >= 0.3 is 0 Å². The Morgan fingerprint density at radius 2 is 1.84 bits per heavy atom. The first-order valence-electron chi connectivity index (χ1n) is 11.7. The van der Waals surface area contributed by atoms with E-state index < -0.39 is 0 Å². The second-order valence-corrected chi connectivity index (χ2v) is 9.27. The number of carbonyl (C=O) groups excluding carboxylic acids is 1. The Labute approximate surface area is 223 Å². The van der Waals surface area contributed by atoms with Gasteiger partial charge in [-0.2, -0.15) is 24.0 Å². The van der Waals surface area contributed by atoms with Gasteiger partial charge in [0, 0.05) is 24.3 Å². The van der Waals surface area contributed by atoms with E-state index in [-0.39, 0.29) is 18.6 Å². The van der Waals surface area contributed by atoms with Crippen molar-refractivity contribution >= 4 is 52.9 Å². The Morgan fingerprint density at radius 3 is 2.50 bits per heavy atom. The van der Waals surface area contributed by atoms with Gasteiger partial charge in [-0.1, -0.05) is 17.7 Å². The van der Waals surface area contributed by atoms with Crippen molar-refractivity contribution in [2.24, 2.45) is 10.2 Å². The van der Waals surface area contributed by atoms with Crippen LogP contribution >= 0.6 is 11.5 Å². The van der Waals surface area contributed by atoms with Crippen LogP contribution in [0.1, 0.15) is 29.4 Å². The fourth-order valence-electron chi connectivity index (χ4n) is 3.77. The molecule has 198 valence electrons. The first-order chi connectivity index (χ1) is 18.3. The first kappa shape index (κ1) is 26.5. The van der Waals surface area contributed by atoms with Crippen LogP contribution in [-0.4, -0.2) is 60.3 Å². The molecule has 3 heterocycles. The highest BCUT2D eigenvalue weighted by Gasteiger charge is 2.18. The Hall–Kier alpha value is -4.53. The number of benzene rings is 1. The molecule has 4 rings (SSSR count). The largest absolute Gasteiger partial charge is 0.466 e. The van der Waals surface area contributed by atoms with Crippen molar-refractivity contribution in [3.63, 3.8) is 0 Å². The van der Waals surface area contributed by atoms with Crippen molar-refractivity contribution < 1.29 is 9.53 Å². The van der Waals surface area contributed by atoms with Crippen LogP contribution in [0.25, 0.3) is 5.13 Å². The normalized spacial score (nSPS) is 11.9. The number of hydrogen-bond acceptors (Lipinski definition) is 14. The Kier molecular flexibility index (Phi) is 8.15. The zero-order chi connectivity index (χ0) is 27.2. The quantitative estimate of drug-likeness (QED) is 0.184. The van der Waals surface area contributed by atoms with Crippen molar-refractivity contribution in [1.82, 2.24) is 34.1 Å². The summed E-state index contributed by atoms with van der Waals surface area (Å²) in [4.78, 5) is 28.3. The smallest absolute Gasteiger partial charge is 0.293 e. The molecule has 1 unspecified atom stereocenters. The van der Waals surface area contributed by atoms with Crippen LogP contribution < -0.4 is 16.0 Å². The average molecular weight is 537 g/mol. The zero-order valence-electron chi connectivity index (χ0n) is 21.8. The molecule has 0 amide bonds. The molecule has 0 radical (unpaired) electrons. The van der Waals surface area contributed by atoms with Gasteiger partial charge in [0.2, 0.25) is 11.1 Å². The topological polar surface area (TPSA) is 169 Å². The van der Waals surface area contributed by atoms with Gasteiger partial charge in [0.25, 0.3) is 12.4 Å². The van der Waals surface area contributed by atoms with Gasteiger partial charge in [-0.15, -0.1) is 15.3 Å². The van der Waals surface area contributed by atoms with E-state index in [1.807, 2.05) is 27.7 Å². The van der Waals surface area contributed by atoms with Gasteiger partial charge in [-0.05, 0) is 45.7 Å². The summed E-state index contributed by atoms with van der Waals surface area (Å²) in [7, 11) is 1.73. The monoisotopic (exact) mass is 536 g/mol. The second kappa shape index (κ2) is 11.7. The van der Waals surface area contributed by atoms with Crippen molar-refractivity contribution in [2.75, 3.05) is 29.6 Å². The van der Waals surface area contributed by atoms with Gasteiger partial charge in [-0.25, -0.2) is 4.98 Å². The zero-order valence-corrected chi connectivity index (χ0v) is 22.7. The van der Waals surface area contributed by atoms with E-state index in [1.165, 1.54) is 17.9 Å². The Balaban J connectivity index is 1.75. The Morgan fingerprint density at radius 1 is 1.11 bits per heavy atom. The lowest BCUT2D eigenvalue weighted by molar-refractivity contribution is -0.128. The lowest BCUT2D eigenvalue weighted by Crippen LogP contribution is -2.23. The second-order valence-electron chi connectivity index (χ2n) is 8.51. The van der Waals surface area contributed by atoms with Crippen LogP contribution in [0.5, 0.6) is 0 Å². The van der Waals surface area contributed by atoms with E-state index in [4.69, 9.17) is 4.74 Å². The molecule has 0 aliphatic rings. The predicted molar refractivity (Wildman–Crippen MR) is 144 cm³/mol. The third-order valence-electron chi connectivity index (χ3n) is 5.36. The maximum Gasteiger partial charge on any atom is 0.293 e. The Bertz CT molecular complexity index is 1430. The predicted octanol–water partition coefficient (Wildman–Crippen LogP) is 4.32. The molecule has 0 spiro atoms. The number of carbonyl (C=O) groups is 1. The van der Waals surface area contributed by atoms with Crippen LogP contribution in [0.4, 0.5) is 34.9 Å². The van der Waals surface area contributed by atoms with Crippen molar-refractivity contribution in [3.8, 4) is 5.13 Å². The maximum atomic E-state index is 10.6. The minimum absolute atomic E-state index is 0.148. The summed E-state index contributed by atoms with van der Waals surface area (Å²) in [5.74, 6) is 1.88. The van der Waals surface area contributed by atoms with Gasteiger partial charge in [0.1, 0.15) is 18.8 Å². The fraction of sp³-hybridized carbons (Fsp3) is 0.348. The summed E-state index contributed by atoms with van der Waals surface area (Å²) in [6.07, 6.45) is 1.45. The van der Waals surface area contributed by atoms with Gasteiger partial charge in [-0.3, -0.25) is 4.79 Å². The molecule has 38 heavy (non-hydrogen) atoms. The minimum atomic E-state index is -0.232. The van der Waals surface area contributed by atoms with Crippen molar-refractivity contribution in [3.05, 3.63) is 41.0 Å². The number of hydrogen-bond donors (Lipinski definition) is 3. The molecule has 0 aliphatic heterocycles. The standard InChI is InChI=1S/C23H28N12O2S/c1-12-7-13(2)17(14(3)8-12)29-20-18(19(24-6)30-21(31-20)27-15(4)9-37-11-36)32-33-22-28-16(5)35(34-22)23-25-10-26-38-23/h7-8,10-11,15H,9H2,1-6H3,(H3,24,27,29,30,31). The lowest BCUT2D eigenvalue weighted by atomic mass is 10.1. The molecule has 3 N–H and O–H groups in total. The summed E-state index contributed by atoms with van der Waals surface area (Å²) < 4.78 is 10.4. The molecule has 1 aromatic carbocycles. The van der Waals surface area contributed by atoms with Gasteiger partial charge in [0.15, 0.2) is 17.3 Å². The molecule has 15 heteroatoms. The van der Waals surface area contributed by atoms with Gasteiger partial charge in [0.05, 0.1) is 6.04 Å². The van der Waals surface area contributed by atoms with Crippen LogP contribution in [-0.2, 0) is 9.53 Å². The highest BCUT2D eigenvalue weighted by molar-refractivity contribution is 7.07. The SMILES string of the molecule is CNc1nc(NC(C)COC=O)nc(Nc2c(C)cc(C)cc2C)c1N=Nc1nc(C)n(-c2ncns2)n1. The first-order valence-corrected chi connectivity index (χ1v) is 12.4. The number of nitrogens with one attached hydrogen (secondary N) is 3. The number of aromatic nitrogens is 7. The van der Waals surface area contributed by atoms with Crippen LogP contribution in [0.2, 0.25) is 0 Å².